The Labute approximate surface area is 177 Å². The maximum Gasteiger partial charge on any atom is 0.416 e. The standard InChI is InChI=1S/C21H24F2N4O4/c1-11(18(24)28)6-12-4-5-13-15(7-12)31-10-21(2,3)26-8-16(25-19(13)26)27-14(17(22)23)9-30-20(27)29/h4-5,7-8,11,14,17H,6,9-10H2,1-3H3,(H2,24,28)/t11-,14+/m1/s1. The molecule has 0 unspecified atom stereocenters. The van der Waals surface area contributed by atoms with Crippen molar-refractivity contribution in [3.8, 4) is 17.1 Å². The molecule has 2 aliphatic heterocycles. The van der Waals surface area contributed by atoms with Crippen LogP contribution in [0.25, 0.3) is 11.4 Å². The quantitative estimate of drug-likeness (QED) is 0.780. The van der Waals surface area contributed by atoms with Crippen molar-refractivity contribution in [2.24, 2.45) is 11.7 Å². The molecule has 3 heterocycles. The van der Waals surface area contributed by atoms with Gasteiger partial charge in [-0.3, -0.25) is 4.79 Å². The molecule has 1 fully saturated rings. The number of rotatable bonds is 5. The highest BCUT2D eigenvalue weighted by molar-refractivity contribution is 5.89. The number of carbonyl (C=O) groups excluding carboxylic acids is 2. The van der Waals surface area contributed by atoms with E-state index in [1.165, 1.54) is 0 Å². The van der Waals surface area contributed by atoms with Crippen molar-refractivity contribution in [1.29, 1.82) is 0 Å². The number of amides is 2. The molecular weight excluding hydrogens is 410 g/mol. The molecule has 1 aromatic heterocycles. The van der Waals surface area contributed by atoms with Gasteiger partial charge in [0.1, 0.15) is 30.8 Å². The van der Waals surface area contributed by atoms with E-state index in [0.717, 1.165) is 10.5 Å². The highest BCUT2D eigenvalue weighted by atomic mass is 19.3. The van der Waals surface area contributed by atoms with Crippen molar-refractivity contribution in [2.45, 2.75) is 45.2 Å². The molecule has 2 amide bonds. The largest absolute Gasteiger partial charge is 0.490 e. The number of nitrogens with zero attached hydrogens (tertiary/aromatic N) is 3. The van der Waals surface area contributed by atoms with Gasteiger partial charge in [0.05, 0.1) is 11.1 Å². The molecule has 166 valence electrons. The number of imidazole rings is 1. The second-order valence-electron chi connectivity index (χ2n) is 8.58. The van der Waals surface area contributed by atoms with Gasteiger partial charge in [-0.25, -0.2) is 23.5 Å². The van der Waals surface area contributed by atoms with Gasteiger partial charge < -0.3 is 19.8 Å². The molecule has 2 atom stereocenters. The van der Waals surface area contributed by atoms with E-state index in [0.29, 0.717) is 30.2 Å². The van der Waals surface area contributed by atoms with Crippen LogP contribution in [0.3, 0.4) is 0 Å². The Morgan fingerprint density at radius 3 is 2.77 bits per heavy atom. The van der Waals surface area contributed by atoms with E-state index in [1.807, 2.05) is 36.6 Å². The molecule has 4 rings (SSSR count). The lowest BCUT2D eigenvalue weighted by atomic mass is 9.99. The van der Waals surface area contributed by atoms with E-state index in [1.54, 1.807) is 13.1 Å². The van der Waals surface area contributed by atoms with Crippen LogP contribution in [0.2, 0.25) is 0 Å². The Hall–Kier alpha value is -3.17. The lowest BCUT2D eigenvalue weighted by Crippen LogP contribution is -2.39. The predicted octanol–water partition coefficient (Wildman–Crippen LogP) is 2.93. The van der Waals surface area contributed by atoms with Crippen LogP contribution in [-0.2, 0) is 21.5 Å². The van der Waals surface area contributed by atoms with Crippen molar-refractivity contribution in [2.75, 3.05) is 18.1 Å². The molecule has 2 aliphatic rings. The molecule has 2 N–H and O–H groups in total. The Bertz CT molecular complexity index is 1040. The number of cyclic esters (lactones) is 1. The zero-order valence-corrected chi connectivity index (χ0v) is 17.5. The summed E-state index contributed by atoms with van der Waals surface area (Å²) in [7, 11) is 0. The van der Waals surface area contributed by atoms with E-state index < -0.39 is 24.1 Å². The monoisotopic (exact) mass is 434 g/mol. The maximum atomic E-state index is 13.4. The molecule has 31 heavy (non-hydrogen) atoms. The fourth-order valence-electron chi connectivity index (χ4n) is 3.80. The van der Waals surface area contributed by atoms with Crippen LogP contribution in [0.15, 0.2) is 24.4 Å². The highest BCUT2D eigenvalue weighted by Gasteiger charge is 2.43. The van der Waals surface area contributed by atoms with Gasteiger partial charge in [0.15, 0.2) is 5.82 Å². The number of fused-ring (bicyclic) bond motifs is 3. The number of nitrogens with two attached hydrogens (primary N) is 1. The lowest BCUT2D eigenvalue weighted by Gasteiger charge is -2.25. The number of hydrogen-bond acceptors (Lipinski definition) is 5. The van der Waals surface area contributed by atoms with Gasteiger partial charge in [-0.2, -0.15) is 0 Å². The summed E-state index contributed by atoms with van der Waals surface area (Å²) in [6.07, 6.45) is -1.56. The molecule has 0 aliphatic carbocycles. The molecule has 10 heteroatoms. The Kier molecular flexibility index (Phi) is 5.10. The molecule has 0 saturated carbocycles. The fraction of sp³-hybridized carbons (Fsp3) is 0.476. The Morgan fingerprint density at radius 2 is 2.10 bits per heavy atom. The number of ether oxygens (including phenoxy) is 2. The molecule has 8 nitrogen and oxygen atoms in total. The van der Waals surface area contributed by atoms with Crippen LogP contribution < -0.4 is 15.4 Å². The van der Waals surface area contributed by atoms with E-state index in [4.69, 9.17) is 15.2 Å². The molecule has 0 spiro atoms. The van der Waals surface area contributed by atoms with E-state index in [2.05, 4.69) is 4.98 Å². The van der Waals surface area contributed by atoms with Crippen molar-refractivity contribution in [3.63, 3.8) is 0 Å². The van der Waals surface area contributed by atoms with Gasteiger partial charge in [-0.05, 0) is 38.0 Å². The SMILES string of the molecule is C[C@H](Cc1ccc2c(c1)OCC(C)(C)n1cc(N3C(=O)OC[C@H]3C(F)F)nc1-2)C(N)=O. The van der Waals surface area contributed by atoms with Crippen LogP contribution in [0.4, 0.5) is 19.4 Å². The smallest absolute Gasteiger partial charge is 0.416 e. The Balaban J connectivity index is 1.77. The maximum absolute atomic E-state index is 13.4. The first kappa shape index (κ1) is 21.1. The van der Waals surface area contributed by atoms with E-state index in [-0.39, 0.29) is 24.2 Å². The highest BCUT2D eigenvalue weighted by Crippen LogP contribution is 2.40. The van der Waals surface area contributed by atoms with Gasteiger partial charge in [-0.1, -0.05) is 13.0 Å². The summed E-state index contributed by atoms with van der Waals surface area (Å²) in [6.45, 7) is 5.52. The fourth-order valence-corrected chi connectivity index (χ4v) is 3.80. The summed E-state index contributed by atoms with van der Waals surface area (Å²) in [5.41, 5.74) is 6.35. The molecule has 1 aromatic carbocycles. The minimum Gasteiger partial charge on any atom is -0.490 e. The summed E-state index contributed by atoms with van der Waals surface area (Å²) >= 11 is 0. The average molecular weight is 434 g/mol. The van der Waals surface area contributed by atoms with Crippen LogP contribution in [0.1, 0.15) is 26.3 Å². The minimum atomic E-state index is -2.76. The summed E-state index contributed by atoms with van der Waals surface area (Å²) in [4.78, 5) is 29.0. The molecule has 0 radical (unpaired) electrons. The van der Waals surface area contributed by atoms with Gasteiger partial charge in [0.25, 0.3) is 6.43 Å². The number of benzene rings is 1. The van der Waals surface area contributed by atoms with Crippen LogP contribution in [-0.4, -0.2) is 47.2 Å². The van der Waals surface area contributed by atoms with Gasteiger partial charge in [0.2, 0.25) is 5.91 Å². The van der Waals surface area contributed by atoms with Crippen LogP contribution in [0.5, 0.6) is 5.75 Å². The predicted molar refractivity (Wildman–Crippen MR) is 108 cm³/mol. The summed E-state index contributed by atoms with van der Waals surface area (Å²) in [5, 5.41) is 0. The number of halogens is 2. The number of aromatic nitrogens is 2. The molecule has 0 bridgehead atoms. The zero-order valence-electron chi connectivity index (χ0n) is 17.5. The number of alkyl halides is 2. The minimum absolute atomic E-state index is 0.107. The third kappa shape index (κ3) is 3.70. The van der Waals surface area contributed by atoms with Crippen molar-refractivity contribution >= 4 is 17.8 Å². The number of carbonyl (C=O) groups is 2. The number of anilines is 1. The average Bonchev–Trinajstić information content (AvgIpc) is 3.28. The Morgan fingerprint density at radius 1 is 1.35 bits per heavy atom. The zero-order chi connectivity index (χ0) is 22.5. The van der Waals surface area contributed by atoms with Crippen LogP contribution >= 0.6 is 0 Å². The lowest BCUT2D eigenvalue weighted by molar-refractivity contribution is -0.121. The topological polar surface area (TPSA) is 99.7 Å². The third-order valence-electron chi connectivity index (χ3n) is 5.68. The summed E-state index contributed by atoms with van der Waals surface area (Å²) in [6, 6.07) is 4.11. The number of primary amides is 1. The van der Waals surface area contributed by atoms with E-state index >= 15 is 0 Å². The first-order valence-corrected chi connectivity index (χ1v) is 9.98. The van der Waals surface area contributed by atoms with Crippen LogP contribution in [0, 0.1) is 5.92 Å². The molecule has 1 saturated heterocycles. The summed E-state index contributed by atoms with van der Waals surface area (Å²) < 4.78 is 39.6. The normalized spacial score (nSPS) is 20.5. The first-order valence-electron chi connectivity index (χ1n) is 9.98. The van der Waals surface area contributed by atoms with E-state index in [9.17, 15) is 18.4 Å². The van der Waals surface area contributed by atoms with Crippen molar-refractivity contribution in [1.82, 2.24) is 9.55 Å². The van der Waals surface area contributed by atoms with Gasteiger partial charge in [-0.15, -0.1) is 0 Å². The number of hydrogen-bond donors (Lipinski definition) is 1. The summed E-state index contributed by atoms with van der Waals surface area (Å²) in [5.74, 6) is 0.446. The van der Waals surface area contributed by atoms with Crippen molar-refractivity contribution in [3.05, 3.63) is 30.0 Å². The second-order valence-corrected chi connectivity index (χ2v) is 8.58. The van der Waals surface area contributed by atoms with Crippen molar-refractivity contribution < 1.29 is 27.8 Å². The third-order valence-corrected chi connectivity index (χ3v) is 5.68. The first-order chi connectivity index (χ1) is 14.6. The van der Waals surface area contributed by atoms with Gasteiger partial charge in [0, 0.05) is 12.1 Å². The molecule has 2 aromatic rings. The van der Waals surface area contributed by atoms with Gasteiger partial charge >= 0.3 is 6.09 Å². The molecular formula is C21H24F2N4O4. The second kappa shape index (κ2) is 7.51.